The molecule has 5 aliphatic rings. The van der Waals surface area contributed by atoms with Gasteiger partial charge in [-0.3, -0.25) is 20.9 Å². The quantitative estimate of drug-likeness (QED) is 0.252. The first-order valence-electron chi connectivity index (χ1n) is 18.0. The van der Waals surface area contributed by atoms with E-state index in [0.717, 1.165) is 18.0 Å². The van der Waals surface area contributed by atoms with E-state index in [9.17, 15) is 0 Å². The van der Waals surface area contributed by atoms with E-state index in [1.165, 1.54) is 73.8 Å². The van der Waals surface area contributed by atoms with Gasteiger partial charge in [-0.2, -0.15) is 0 Å². The summed E-state index contributed by atoms with van der Waals surface area (Å²) in [6, 6.07) is 26.4. The molecular weight excluding hydrogens is 560 g/mol. The number of hydrogen-bond donors (Lipinski definition) is 3. The second-order valence-corrected chi connectivity index (χ2v) is 14.6. The van der Waals surface area contributed by atoms with Crippen molar-refractivity contribution in [1.82, 2.24) is 20.9 Å². The molecule has 4 aliphatic carbocycles. The summed E-state index contributed by atoms with van der Waals surface area (Å²) < 4.78 is 0. The van der Waals surface area contributed by atoms with E-state index < -0.39 is 0 Å². The highest BCUT2D eigenvalue weighted by Crippen LogP contribution is 2.55. The summed E-state index contributed by atoms with van der Waals surface area (Å²) in [5.74, 6) is 3.10. The highest BCUT2D eigenvalue weighted by Gasteiger charge is 2.44. The predicted octanol–water partition coefficient (Wildman–Crippen LogP) is 9.09. The Hall–Kier alpha value is -3.31. The molecule has 4 nitrogen and oxygen atoms in total. The van der Waals surface area contributed by atoms with Crippen molar-refractivity contribution < 1.29 is 0 Å². The van der Waals surface area contributed by atoms with Crippen molar-refractivity contribution in [3.8, 4) is 0 Å². The number of aryl methyl sites for hydroxylation is 2. The van der Waals surface area contributed by atoms with E-state index in [1.54, 1.807) is 5.57 Å². The van der Waals surface area contributed by atoms with Gasteiger partial charge in [0.25, 0.3) is 0 Å². The lowest BCUT2D eigenvalue weighted by Crippen LogP contribution is -2.62. The van der Waals surface area contributed by atoms with Crippen LogP contribution in [0.2, 0.25) is 0 Å². The molecule has 46 heavy (non-hydrogen) atoms. The fraction of sp³-hybridized carbons (Fsp3) is 0.452. The van der Waals surface area contributed by atoms with Crippen molar-refractivity contribution in [3.63, 3.8) is 0 Å². The number of benzene rings is 2. The molecule has 2 aromatic carbocycles. The van der Waals surface area contributed by atoms with E-state index in [2.05, 4.69) is 121 Å². The fourth-order valence-corrected chi connectivity index (χ4v) is 9.76. The first-order valence-corrected chi connectivity index (χ1v) is 18.0. The van der Waals surface area contributed by atoms with Crippen LogP contribution in [0.15, 0.2) is 102 Å². The average molecular weight is 611 g/mol. The van der Waals surface area contributed by atoms with E-state index >= 15 is 0 Å². The molecule has 3 aromatic rings. The van der Waals surface area contributed by atoms with Crippen LogP contribution in [0.1, 0.15) is 98.2 Å². The Morgan fingerprint density at radius 2 is 1.37 bits per heavy atom. The first-order chi connectivity index (χ1) is 22.6. The molecule has 4 heteroatoms. The van der Waals surface area contributed by atoms with Gasteiger partial charge < -0.3 is 0 Å². The molecule has 1 aliphatic heterocycles. The smallest absolute Gasteiger partial charge is 0.0862 e. The third-order valence-corrected chi connectivity index (χ3v) is 11.9. The van der Waals surface area contributed by atoms with Crippen LogP contribution in [-0.2, 0) is 0 Å². The van der Waals surface area contributed by atoms with Crippen molar-refractivity contribution in [2.75, 3.05) is 0 Å². The second-order valence-electron chi connectivity index (χ2n) is 14.6. The highest BCUT2D eigenvalue weighted by molar-refractivity contribution is 5.71. The number of allylic oxidation sites excluding steroid dienone is 6. The number of hydrogen-bond acceptors (Lipinski definition) is 4. The average Bonchev–Trinajstić information content (AvgIpc) is 3.12. The molecule has 7 unspecified atom stereocenters. The van der Waals surface area contributed by atoms with Crippen molar-refractivity contribution in [1.29, 1.82) is 0 Å². The standard InChI is InChI=1S/C42H50N4/c1-27-21-23-33(28(2)43-27)37-24-22-32(26-39(37)38-25-31-17-9-10-18-34(31)35-19-11-12-20-36(35)38)42-45-40(29-13-5-3-6-14-29)44-41(46-42)30-15-7-4-8-16-30/h3-9,13-17,21,23-24,31-32,34,38-42,44-46H,10-12,18-20,22,25-26H2,1-2H3. The summed E-state index contributed by atoms with van der Waals surface area (Å²) in [5.41, 5.74) is 11.5. The van der Waals surface area contributed by atoms with Gasteiger partial charge in [0.15, 0.2) is 0 Å². The summed E-state index contributed by atoms with van der Waals surface area (Å²) in [6.45, 7) is 4.35. The topological polar surface area (TPSA) is 49.0 Å². The van der Waals surface area contributed by atoms with Gasteiger partial charge in [-0.1, -0.05) is 96.1 Å². The monoisotopic (exact) mass is 610 g/mol. The lowest BCUT2D eigenvalue weighted by atomic mass is 9.58. The van der Waals surface area contributed by atoms with Gasteiger partial charge in [-0.05, 0) is 130 Å². The van der Waals surface area contributed by atoms with E-state index in [4.69, 9.17) is 4.98 Å². The highest BCUT2D eigenvalue weighted by atomic mass is 15.4. The van der Waals surface area contributed by atoms with Gasteiger partial charge in [0.1, 0.15) is 0 Å². The minimum absolute atomic E-state index is 0.0838. The largest absolute Gasteiger partial charge is 0.282 e. The molecule has 1 saturated heterocycles. The molecule has 7 atom stereocenters. The zero-order valence-electron chi connectivity index (χ0n) is 27.6. The summed E-state index contributed by atoms with van der Waals surface area (Å²) >= 11 is 0. The summed E-state index contributed by atoms with van der Waals surface area (Å²) in [7, 11) is 0. The molecule has 3 N–H and O–H groups in total. The van der Waals surface area contributed by atoms with Gasteiger partial charge in [0.2, 0.25) is 0 Å². The van der Waals surface area contributed by atoms with Crippen LogP contribution in [0.4, 0.5) is 0 Å². The Balaban J connectivity index is 1.17. The number of fused-ring (bicyclic) bond motifs is 2. The molecule has 1 aromatic heterocycles. The zero-order chi connectivity index (χ0) is 31.0. The van der Waals surface area contributed by atoms with Gasteiger partial charge in [0, 0.05) is 11.4 Å². The molecule has 238 valence electrons. The van der Waals surface area contributed by atoms with Gasteiger partial charge in [-0.25, -0.2) is 0 Å². The van der Waals surface area contributed by atoms with Crippen molar-refractivity contribution in [3.05, 3.63) is 130 Å². The molecule has 0 spiro atoms. The minimum Gasteiger partial charge on any atom is -0.282 e. The first kappa shape index (κ1) is 30.1. The predicted molar refractivity (Wildman–Crippen MR) is 188 cm³/mol. The van der Waals surface area contributed by atoms with Crippen molar-refractivity contribution in [2.24, 2.45) is 29.6 Å². The number of pyridine rings is 1. The lowest BCUT2D eigenvalue weighted by Gasteiger charge is -2.49. The Morgan fingerprint density at radius 3 is 2.04 bits per heavy atom. The fourth-order valence-electron chi connectivity index (χ4n) is 9.76. The summed E-state index contributed by atoms with van der Waals surface area (Å²) in [4.78, 5) is 4.97. The van der Waals surface area contributed by atoms with Crippen LogP contribution < -0.4 is 16.0 Å². The Bertz CT molecular complexity index is 1570. The lowest BCUT2D eigenvalue weighted by molar-refractivity contribution is 0.131. The molecular formula is C42H50N4. The molecule has 8 rings (SSSR count). The molecule has 0 saturated carbocycles. The van der Waals surface area contributed by atoms with Crippen LogP contribution in [0, 0.1) is 43.4 Å². The third kappa shape index (κ3) is 5.85. The van der Waals surface area contributed by atoms with Crippen molar-refractivity contribution in [2.45, 2.75) is 90.1 Å². The molecule has 2 heterocycles. The maximum atomic E-state index is 4.97. The zero-order valence-corrected chi connectivity index (χ0v) is 27.6. The van der Waals surface area contributed by atoms with Gasteiger partial charge in [0.05, 0.1) is 18.5 Å². The molecule has 0 bridgehead atoms. The SMILES string of the molecule is Cc1ccc(C2=CCC(C3NC(c4ccccc4)NC(c4ccccc4)N3)CC2C2CC3C=CCCC3C3=C2CCCC3)c(C)n1. The van der Waals surface area contributed by atoms with Gasteiger partial charge in [-0.15, -0.1) is 0 Å². The van der Waals surface area contributed by atoms with E-state index in [1.807, 2.05) is 11.1 Å². The molecule has 1 fully saturated rings. The molecule has 0 radical (unpaired) electrons. The van der Waals surface area contributed by atoms with E-state index in [0.29, 0.717) is 23.7 Å². The van der Waals surface area contributed by atoms with Crippen molar-refractivity contribution >= 4 is 5.57 Å². The van der Waals surface area contributed by atoms with Gasteiger partial charge >= 0.3 is 0 Å². The minimum atomic E-state index is 0.0838. The third-order valence-electron chi connectivity index (χ3n) is 11.9. The maximum Gasteiger partial charge on any atom is 0.0862 e. The Morgan fingerprint density at radius 1 is 0.696 bits per heavy atom. The number of aromatic nitrogens is 1. The summed E-state index contributed by atoms with van der Waals surface area (Å²) in [5, 5.41) is 12.0. The van der Waals surface area contributed by atoms with Crippen LogP contribution in [-0.4, -0.2) is 11.1 Å². The summed E-state index contributed by atoms with van der Waals surface area (Å²) in [6.07, 6.45) is 19.6. The van der Waals surface area contributed by atoms with Crippen LogP contribution in [0.25, 0.3) is 5.57 Å². The molecule has 0 amide bonds. The maximum absolute atomic E-state index is 4.97. The van der Waals surface area contributed by atoms with Crippen LogP contribution in [0.3, 0.4) is 0 Å². The van der Waals surface area contributed by atoms with Crippen LogP contribution >= 0.6 is 0 Å². The van der Waals surface area contributed by atoms with Crippen LogP contribution in [0.5, 0.6) is 0 Å². The Labute approximate surface area is 275 Å². The normalized spacial score (nSPS) is 32.8. The number of rotatable bonds is 5. The Kier molecular flexibility index (Phi) is 8.53. The van der Waals surface area contributed by atoms with E-state index in [-0.39, 0.29) is 18.5 Å². The second kappa shape index (κ2) is 13.1. The number of nitrogens with one attached hydrogen (secondary N) is 3. The number of nitrogens with zero attached hydrogens (tertiary/aromatic N) is 1.